The summed E-state index contributed by atoms with van der Waals surface area (Å²) in [6.07, 6.45) is 1.62. The zero-order valence-corrected chi connectivity index (χ0v) is 12.3. The highest BCUT2D eigenvalue weighted by Crippen LogP contribution is 2.18. The number of hydrogen-bond donors (Lipinski definition) is 1. The van der Waals surface area contributed by atoms with Gasteiger partial charge in [0.15, 0.2) is 0 Å². The number of carbonyl (C=O) groups excluding carboxylic acids is 1. The van der Waals surface area contributed by atoms with E-state index in [1.807, 2.05) is 19.1 Å². The van der Waals surface area contributed by atoms with Crippen LogP contribution < -0.4 is 10.1 Å². The lowest BCUT2D eigenvalue weighted by molar-refractivity contribution is -0.0508. The van der Waals surface area contributed by atoms with Gasteiger partial charge in [0, 0.05) is 29.9 Å². The van der Waals surface area contributed by atoms with Gasteiger partial charge in [-0.3, -0.25) is 4.79 Å². The number of aromatic nitrogens is 2. The number of pyridine rings is 2. The van der Waals surface area contributed by atoms with E-state index in [9.17, 15) is 4.79 Å². The summed E-state index contributed by atoms with van der Waals surface area (Å²) in [5, 5.41) is 2.71. The Balaban J connectivity index is 1.69. The number of nitrogens with zero attached hydrogens (tertiary/aromatic N) is 2. The largest absolute Gasteiger partial charge is 0.493 e. The van der Waals surface area contributed by atoms with Crippen LogP contribution in [0.5, 0.6) is 5.75 Å². The molecule has 2 aromatic rings. The number of anilines is 1. The van der Waals surface area contributed by atoms with E-state index in [-0.39, 0.29) is 5.91 Å². The zero-order valence-electron chi connectivity index (χ0n) is 12.3. The molecular formula is C16H17N3O3. The smallest absolute Gasteiger partial charge is 0.275 e. The molecule has 3 heterocycles. The Hall–Kier alpha value is -2.47. The zero-order chi connectivity index (χ0) is 15.4. The van der Waals surface area contributed by atoms with Crippen LogP contribution in [0.4, 0.5) is 5.82 Å². The predicted octanol–water partition coefficient (Wildman–Crippen LogP) is 2.06. The van der Waals surface area contributed by atoms with Gasteiger partial charge in [-0.05, 0) is 19.1 Å². The van der Waals surface area contributed by atoms with Gasteiger partial charge in [-0.2, -0.15) is 0 Å². The molecule has 1 fully saturated rings. The molecular weight excluding hydrogens is 282 g/mol. The van der Waals surface area contributed by atoms with E-state index >= 15 is 0 Å². The van der Waals surface area contributed by atoms with Gasteiger partial charge in [0.2, 0.25) is 0 Å². The average molecular weight is 299 g/mol. The maximum absolute atomic E-state index is 12.2. The van der Waals surface area contributed by atoms with Crippen molar-refractivity contribution in [2.24, 2.45) is 5.92 Å². The fourth-order valence-electron chi connectivity index (χ4n) is 2.05. The van der Waals surface area contributed by atoms with E-state index in [4.69, 9.17) is 9.47 Å². The molecule has 0 atom stereocenters. The number of rotatable bonds is 5. The Morgan fingerprint density at radius 1 is 1.41 bits per heavy atom. The lowest BCUT2D eigenvalue weighted by Gasteiger charge is -2.25. The first-order chi connectivity index (χ1) is 10.7. The summed E-state index contributed by atoms with van der Waals surface area (Å²) in [6.45, 7) is 3.88. The lowest BCUT2D eigenvalue weighted by Crippen LogP contribution is -2.32. The molecule has 3 rings (SSSR count). The summed E-state index contributed by atoms with van der Waals surface area (Å²) in [5.74, 6) is 1.26. The number of amides is 1. The highest BCUT2D eigenvalue weighted by molar-refractivity contribution is 6.02. The molecule has 6 heteroatoms. The van der Waals surface area contributed by atoms with E-state index in [1.54, 1.807) is 24.4 Å². The van der Waals surface area contributed by atoms with Crippen LogP contribution in [0, 0.1) is 12.8 Å². The van der Waals surface area contributed by atoms with Crippen LogP contribution in [-0.2, 0) is 4.74 Å². The highest BCUT2D eigenvalue weighted by Gasteiger charge is 2.19. The average Bonchev–Trinajstić information content (AvgIpc) is 2.46. The highest BCUT2D eigenvalue weighted by atomic mass is 16.5. The molecule has 0 radical (unpaired) electrons. The molecule has 0 aliphatic carbocycles. The van der Waals surface area contributed by atoms with Crippen molar-refractivity contribution < 1.29 is 14.3 Å². The molecule has 1 N–H and O–H groups in total. The van der Waals surface area contributed by atoms with Crippen molar-refractivity contribution in [3.05, 3.63) is 47.9 Å². The molecule has 0 bridgehead atoms. The van der Waals surface area contributed by atoms with Crippen LogP contribution in [0.25, 0.3) is 0 Å². The molecule has 1 saturated heterocycles. The quantitative estimate of drug-likeness (QED) is 0.915. The predicted molar refractivity (Wildman–Crippen MR) is 81.0 cm³/mol. The van der Waals surface area contributed by atoms with Gasteiger partial charge < -0.3 is 14.8 Å². The van der Waals surface area contributed by atoms with Crippen LogP contribution in [0.15, 0.2) is 36.5 Å². The van der Waals surface area contributed by atoms with Gasteiger partial charge in [0.1, 0.15) is 17.3 Å². The molecule has 114 valence electrons. The van der Waals surface area contributed by atoms with Crippen LogP contribution in [0.3, 0.4) is 0 Å². The Bertz CT molecular complexity index is 657. The Labute approximate surface area is 128 Å². The monoisotopic (exact) mass is 299 g/mol. The lowest BCUT2D eigenvalue weighted by atomic mass is 10.1. The van der Waals surface area contributed by atoms with Crippen LogP contribution >= 0.6 is 0 Å². The molecule has 1 aliphatic rings. The van der Waals surface area contributed by atoms with Gasteiger partial charge >= 0.3 is 0 Å². The molecule has 1 amide bonds. The van der Waals surface area contributed by atoms with E-state index in [0.717, 1.165) is 18.9 Å². The SMILES string of the molecule is Cc1cc(OCC2COC2)cc(C(=O)Nc2ccccn2)n1. The van der Waals surface area contributed by atoms with Crippen molar-refractivity contribution in [2.45, 2.75) is 6.92 Å². The number of ether oxygens (including phenoxy) is 2. The minimum Gasteiger partial charge on any atom is -0.493 e. The van der Waals surface area contributed by atoms with Gasteiger partial charge in [0.25, 0.3) is 5.91 Å². The second kappa shape index (κ2) is 6.53. The molecule has 0 spiro atoms. The Morgan fingerprint density at radius 3 is 2.95 bits per heavy atom. The first kappa shape index (κ1) is 14.5. The standard InChI is InChI=1S/C16H17N3O3/c1-11-6-13(22-10-12-8-21-9-12)7-14(18-11)16(20)19-15-4-2-3-5-17-15/h2-7,12H,8-10H2,1H3,(H,17,19,20). The first-order valence-electron chi connectivity index (χ1n) is 7.12. The summed E-state index contributed by atoms with van der Waals surface area (Å²) in [5.41, 5.74) is 1.04. The van der Waals surface area contributed by atoms with Crippen molar-refractivity contribution in [3.8, 4) is 5.75 Å². The maximum Gasteiger partial charge on any atom is 0.275 e. The van der Waals surface area contributed by atoms with Crippen LogP contribution in [0.1, 0.15) is 16.2 Å². The second-order valence-corrected chi connectivity index (χ2v) is 5.21. The van der Waals surface area contributed by atoms with E-state index in [0.29, 0.717) is 29.8 Å². The molecule has 1 aliphatic heterocycles. The van der Waals surface area contributed by atoms with Crippen molar-refractivity contribution in [1.82, 2.24) is 9.97 Å². The first-order valence-corrected chi connectivity index (χ1v) is 7.12. The molecule has 0 aromatic carbocycles. The van der Waals surface area contributed by atoms with Crippen molar-refractivity contribution in [3.63, 3.8) is 0 Å². The van der Waals surface area contributed by atoms with Crippen LogP contribution in [-0.4, -0.2) is 35.7 Å². The Kier molecular flexibility index (Phi) is 4.29. The van der Waals surface area contributed by atoms with E-state index < -0.39 is 0 Å². The third-order valence-electron chi connectivity index (χ3n) is 3.26. The van der Waals surface area contributed by atoms with Gasteiger partial charge in [-0.25, -0.2) is 9.97 Å². The van der Waals surface area contributed by atoms with Gasteiger partial charge in [-0.15, -0.1) is 0 Å². The Morgan fingerprint density at radius 2 is 2.27 bits per heavy atom. The summed E-state index contributed by atoms with van der Waals surface area (Å²) in [4.78, 5) is 20.5. The third-order valence-corrected chi connectivity index (χ3v) is 3.26. The number of carbonyl (C=O) groups is 1. The molecule has 6 nitrogen and oxygen atoms in total. The molecule has 22 heavy (non-hydrogen) atoms. The van der Waals surface area contributed by atoms with Gasteiger partial charge in [-0.1, -0.05) is 6.07 Å². The summed E-state index contributed by atoms with van der Waals surface area (Å²) in [7, 11) is 0. The minimum atomic E-state index is -0.306. The molecule has 2 aromatic heterocycles. The molecule has 0 saturated carbocycles. The topological polar surface area (TPSA) is 73.3 Å². The van der Waals surface area contributed by atoms with E-state index in [2.05, 4.69) is 15.3 Å². The van der Waals surface area contributed by atoms with Crippen LogP contribution in [0.2, 0.25) is 0 Å². The van der Waals surface area contributed by atoms with Gasteiger partial charge in [0.05, 0.1) is 19.8 Å². The van der Waals surface area contributed by atoms with Crippen molar-refractivity contribution >= 4 is 11.7 Å². The fourth-order valence-corrected chi connectivity index (χ4v) is 2.05. The molecule has 0 unspecified atom stereocenters. The number of nitrogens with one attached hydrogen (secondary N) is 1. The minimum absolute atomic E-state index is 0.306. The number of aryl methyl sites for hydroxylation is 1. The van der Waals surface area contributed by atoms with E-state index in [1.165, 1.54) is 0 Å². The normalized spacial score (nSPS) is 14.2. The van der Waals surface area contributed by atoms with Crippen molar-refractivity contribution in [2.75, 3.05) is 25.1 Å². The second-order valence-electron chi connectivity index (χ2n) is 5.21. The van der Waals surface area contributed by atoms with Crippen molar-refractivity contribution in [1.29, 1.82) is 0 Å². The summed E-state index contributed by atoms with van der Waals surface area (Å²) >= 11 is 0. The summed E-state index contributed by atoms with van der Waals surface area (Å²) in [6, 6.07) is 8.78. The number of hydrogen-bond acceptors (Lipinski definition) is 5. The summed E-state index contributed by atoms with van der Waals surface area (Å²) < 4.78 is 10.8. The fraction of sp³-hybridized carbons (Fsp3) is 0.312. The maximum atomic E-state index is 12.2. The third kappa shape index (κ3) is 3.59.